The lowest BCUT2D eigenvalue weighted by Crippen LogP contribution is -2.44. The third-order valence-electron chi connectivity index (χ3n) is 3.30. The van der Waals surface area contributed by atoms with Gasteiger partial charge in [0.15, 0.2) is 6.61 Å². The molecule has 2 aromatic carbocycles. The molecule has 2 amide bonds. The number of aryl methyl sites for hydroxylation is 1. The second-order valence-electron chi connectivity index (χ2n) is 5.30. The van der Waals surface area contributed by atoms with Crippen molar-refractivity contribution in [1.82, 2.24) is 10.9 Å². The zero-order valence-corrected chi connectivity index (χ0v) is 15.0. The summed E-state index contributed by atoms with van der Waals surface area (Å²) in [5.41, 5.74) is 5.73. The maximum absolute atomic E-state index is 12.2. The largest absolute Gasteiger partial charge is 0.489 e. The van der Waals surface area contributed by atoms with E-state index >= 15 is 0 Å². The molecular formula is C19H19ClN2O4. The van der Waals surface area contributed by atoms with Gasteiger partial charge in [-0.2, -0.15) is 0 Å². The van der Waals surface area contributed by atoms with Crippen molar-refractivity contribution in [2.45, 2.75) is 6.92 Å². The molecule has 26 heavy (non-hydrogen) atoms. The summed E-state index contributed by atoms with van der Waals surface area (Å²) in [6.07, 6.45) is 1.58. The van der Waals surface area contributed by atoms with E-state index in [1.807, 2.05) is 6.92 Å². The maximum Gasteiger partial charge on any atom is 0.276 e. The molecule has 0 fully saturated rings. The molecule has 0 atom stereocenters. The Hall–Kier alpha value is -2.99. The van der Waals surface area contributed by atoms with E-state index in [1.54, 1.807) is 48.5 Å². The van der Waals surface area contributed by atoms with Gasteiger partial charge in [0.1, 0.15) is 18.1 Å². The minimum atomic E-state index is -0.503. The summed E-state index contributed by atoms with van der Waals surface area (Å²) < 4.78 is 10.8. The number of hydrazine groups is 1. The fourth-order valence-corrected chi connectivity index (χ4v) is 2.30. The van der Waals surface area contributed by atoms with E-state index in [9.17, 15) is 9.59 Å². The molecule has 0 aromatic heterocycles. The van der Waals surface area contributed by atoms with Gasteiger partial charge in [0.25, 0.3) is 11.8 Å². The van der Waals surface area contributed by atoms with E-state index in [-0.39, 0.29) is 13.2 Å². The van der Waals surface area contributed by atoms with Gasteiger partial charge in [-0.15, -0.1) is 0 Å². The molecule has 7 heteroatoms. The van der Waals surface area contributed by atoms with E-state index in [1.165, 1.54) is 0 Å². The van der Waals surface area contributed by atoms with Crippen LogP contribution in [0.3, 0.4) is 0 Å². The molecule has 0 aliphatic heterocycles. The summed E-state index contributed by atoms with van der Waals surface area (Å²) in [6, 6.07) is 11.8. The maximum atomic E-state index is 12.2. The number of carbonyl (C=O) groups is 2. The van der Waals surface area contributed by atoms with E-state index in [4.69, 9.17) is 21.1 Å². The first-order chi connectivity index (χ1) is 12.5. The Kier molecular flexibility index (Phi) is 7.05. The van der Waals surface area contributed by atoms with E-state index in [0.29, 0.717) is 22.1 Å². The Bertz CT molecular complexity index is 808. The van der Waals surface area contributed by atoms with Gasteiger partial charge in [-0.25, -0.2) is 0 Å². The lowest BCUT2D eigenvalue weighted by atomic mass is 10.2. The highest BCUT2D eigenvalue weighted by Crippen LogP contribution is 2.21. The molecule has 0 spiro atoms. The van der Waals surface area contributed by atoms with E-state index < -0.39 is 11.8 Å². The smallest absolute Gasteiger partial charge is 0.276 e. The summed E-state index contributed by atoms with van der Waals surface area (Å²) in [4.78, 5) is 24.1. The molecule has 0 aliphatic rings. The minimum absolute atomic E-state index is 0.253. The van der Waals surface area contributed by atoms with Crippen LogP contribution in [0.25, 0.3) is 0 Å². The first-order valence-electron chi connectivity index (χ1n) is 7.82. The monoisotopic (exact) mass is 374 g/mol. The summed E-state index contributed by atoms with van der Waals surface area (Å²) in [6.45, 7) is 5.40. The molecule has 0 heterocycles. The molecule has 0 aliphatic carbocycles. The predicted molar refractivity (Wildman–Crippen MR) is 99.4 cm³/mol. The third kappa shape index (κ3) is 5.53. The van der Waals surface area contributed by atoms with Crippen LogP contribution >= 0.6 is 11.6 Å². The highest BCUT2D eigenvalue weighted by molar-refractivity contribution is 6.30. The average molecular weight is 375 g/mol. The van der Waals surface area contributed by atoms with Crippen molar-refractivity contribution in [3.8, 4) is 11.5 Å². The molecule has 0 bridgehead atoms. The number of halogens is 1. The Morgan fingerprint density at radius 1 is 1.12 bits per heavy atom. The number of nitrogens with one attached hydrogen (secondary N) is 2. The summed E-state index contributed by atoms with van der Waals surface area (Å²) in [7, 11) is 0. The lowest BCUT2D eigenvalue weighted by molar-refractivity contribution is -0.123. The van der Waals surface area contributed by atoms with Gasteiger partial charge in [-0.05, 0) is 42.8 Å². The number of amides is 2. The van der Waals surface area contributed by atoms with Gasteiger partial charge in [0.05, 0.1) is 5.56 Å². The fraction of sp³-hybridized carbons (Fsp3) is 0.158. The van der Waals surface area contributed by atoms with Crippen LogP contribution in [0.4, 0.5) is 0 Å². The first kappa shape index (κ1) is 19.3. The Labute approximate surface area is 156 Å². The molecule has 0 unspecified atom stereocenters. The van der Waals surface area contributed by atoms with Crippen LogP contribution in [0.1, 0.15) is 15.9 Å². The molecule has 2 N–H and O–H groups in total. The standard InChI is InChI=1S/C19H19ClN2O4/c1-3-10-25-17-7-5-4-6-15(17)19(24)22-21-18(23)12-26-16-9-8-14(20)11-13(16)2/h3-9,11H,1,10,12H2,2H3,(H,21,23)(H,22,24). The van der Waals surface area contributed by atoms with Crippen LogP contribution in [0.15, 0.2) is 55.1 Å². The van der Waals surface area contributed by atoms with E-state index in [0.717, 1.165) is 5.56 Å². The summed E-state index contributed by atoms with van der Waals surface area (Å²) >= 11 is 5.87. The number of carbonyl (C=O) groups excluding carboxylic acids is 2. The highest BCUT2D eigenvalue weighted by atomic mass is 35.5. The Balaban J connectivity index is 1.87. The summed E-state index contributed by atoms with van der Waals surface area (Å²) in [5, 5.41) is 0.587. The van der Waals surface area contributed by atoms with Crippen LogP contribution < -0.4 is 20.3 Å². The first-order valence-corrected chi connectivity index (χ1v) is 8.20. The third-order valence-corrected chi connectivity index (χ3v) is 3.53. The van der Waals surface area contributed by atoms with Gasteiger partial charge in [-0.1, -0.05) is 36.4 Å². The van der Waals surface area contributed by atoms with Gasteiger partial charge in [-0.3, -0.25) is 20.4 Å². The predicted octanol–water partition coefficient (Wildman–Crippen LogP) is 3.05. The van der Waals surface area contributed by atoms with E-state index in [2.05, 4.69) is 17.4 Å². The van der Waals surface area contributed by atoms with Crippen LogP contribution in [0.2, 0.25) is 5.02 Å². The Morgan fingerprint density at radius 3 is 2.62 bits per heavy atom. The zero-order valence-electron chi connectivity index (χ0n) is 14.3. The minimum Gasteiger partial charge on any atom is -0.489 e. The molecule has 2 aromatic rings. The van der Waals surface area contributed by atoms with Crippen LogP contribution in [0, 0.1) is 6.92 Å². The number of hydrogen-bond acceptors (Lipinski definition) is 4. The molecule has 0 radical (unpaired) electrons. The van der Waals surface area contributed by atoms with Gasteiger partial charge in [0.2, 0.25) is 0 Å². The summed E-state index contributed by atoms with van der Waals surface area (Å²) in [5.74, 6) is -0.0656. The van der Waals surface area contributed by atoms with Crippen LogP contribution in [-0.4, -0.2) is 25.0 Å². The van der Waals surface area contributed by atoms with Crippen molar-refractivity contribution >= 4 is 23.4 Å². The molecule has 2 rings (SSSR count). The Morgan fingerprint density at radius 2 is 1.88 bits per heavy atom. The van der Waals surface area contributed by atoms with Crippen LogP contribution in [-0.2, 0) is 4.79 Å². The molecular weight excluding hydrogens is 356 g/mol. The number of rotatable bonds is 7. The quantitative estimate of drug-likeness (QED) is 0.577. The van der Waals surface area contributed by atoms with Gasteiger partial charge < -0.3 is 9.47 Å². The lowest BCUT2D eigenvalue weighted by Gasteiger charge is -2.12. The molecule has 0 saturated carbocycles. The number of hydrogen-bond donors (Lipinski definition) is 2. The number of ether oxygens (including phenoxy) is 2. The highest BCUT2D eigenvalue weighted by Gasteiger charge is 2.13. The number of para-hydroxylation sites is 1. The molecule has 0 saturated heterocycles. The van der Waals surface area contributed by atoms with Crippen molar-refractivity contribution in [2.24, 2.45) is 0 Å². The van der Waals surface area contributed by atoms with Crippen molar-refractivity contribution in [1.29, 1.82) is 0 Å². The molecule has 136 valence electrons. The SMILES string of the molecule is C=CCOc1ccccc1C(=O)NNC(=O)COc1ccc(Cl)cc1C. The number of benzene rings is 2. The van der Waals surface area contributed by atoms with Crippen molar-refractivity contribution in [3.63, 3.8) is 0 Å². The van der Waals surface area contributed by atoms with Crippen molar-refractivity contribution in [3.05, 3.63) is 71.3 Å². The topological polar surface area (TPSA) is 76.7 Å². The molecule has 6 nitrogen and oxygen atoms in total. The second kappa shape index (κ2) is 9.48. The van der Waals surface area contributed by atoms with Crippen molar-refractivity contribution in [2.75, 3.05) is 13.2 Å². The second-order valence-corrected chi connectivity index (χ2v) is 5.73. The normalized spacial score (nSPS) is 9.92. The van der Waals surface area contributed by atoms with Crippen molar-refractivity contribution < 1.29 is 19.1 Å². The van der Waals surface area contributed by atoms with Crippen LogP contribution in [0.5, 0.6) is 11.5 Å². The zero-order chi connectivity index (χ0) is 18.9. The van der Waals surface area contributed by atoms with Gasteiger partial charge >= 0.3 is 0 Å². The fourth-order valence-electron chi connectivity index (χ4n) is 2.08. The average Bonchev–Trinajstić information content (AvgIpc) is 2.64. The van der Waals surface area contributed by atoms with Gasteiger partial charge in [0, 0.05) is 5.02 Å².